The largest absolute Gasteiger partial charge is 0.497 e. The molecule has 1 N–H and O–H groups in total. The van der Waals surface area contributed by atoms with Gasteiger partial charge in [-0.2, -0.15) is 0 Å². The second-order valence-corrected chi connectivity index (χ2v) is 10.0. The number of hydrogen-bond donors (Lipinski definition) is 1. The van der Waals surface area contributed by atoms with Gasteiger partial charge in [-0.05, 0) is 66.4 Å². The Morgan fingerprint density at radius 3 is 2.51 bits per heavy atom. The Morgan fingerprint density at radius 2 is 1.86 bits per heavy atom. The van der Waals surface area contributed by atoms with Crippen LogP contribution in [0.1, 0.15) is 24.6 Å². The van der Waals surface area contributed by atoms with Crippen LogP contribution in [-0.2, 0) is 16.1 Å². The lowest BCUT2D eigenvalue weighted by molar-refractivity contribution is -0.129. The highest BCUT2D eigenvalue weighted by atomic mass is 32.2. The van der Waals surface area contributed by atoms with E-state index in [4.69, 9.17) is 14.5 Å². The van der Waals surface area contributed by atoms with E-state index < -0.39 is 5.25 Å². The molecule has 3 aromatic rings. The first kappa shape index (κ1) is 24.8. The molecule has 0 spiro atoms. The molecule has 2 amide bonds. The van der Waals surface area contributed by atoms with Gasteiger partial charge in [0.15, 0.2) is 5.17 Å². The average Bonchev–Trinajstić information content (AvgIpc) is 3.39. The number of thioether (sulfide) groups is 1. The summed E-state index contributed by atoms with van der Waals surface area (Å²) < 4.78 is 10.8. The minimum absolute atomic E-state index is 0.0984. The van der Waals surface area contributed by atoms with Gasteiger partial charge in [-0.15, -0.1) is 11.3 Å². The van der Waals surface area contributed by atoms with E-state index in [9.17, 15) is 9.59 Å². The van der Waals surface area contributed by atoms with Crippen molar-refractivity contribution in [3.8, 4) is 11.5 Å². The molecule has 2 aromatic carbocycles. The number of benzene rings is 2. The third-order valence-corrected chi connectivity index (χ3v) is 7.27. The zero-order valence-corrected chi connectivity index (χ0v) is 21.2. The van der Waals surface area contributed by atoms with E-state index in [2.05, 4.69) is 5.32 Å². The molecule has 0 radical (unpaired) electrons. The van der Waals surface area contributed by atoms with Crippen LogP contribution in [0, 0.1) is 0 Å². The van der Waals surface area contributed by atoms with Crippen LogP contribution in [0.25, 0.3) is 0 Å². The quantitative estimate of drug-likeness (QED) is 0.400. The summed E-state index contributed by atoms with van der Waals surface area (Å²) in [6.07, 6.45) is 1.02. The Kier molecular flexibility index (Phi) is 8.44. The second-order valence-electron chi connectivity index (χ2n) is 7.82. The zero-order chi connectivity index (χ0) is 24.6. The summed E-state index contributed by atoms with van der Waals surface area (Å²) in [6, 6.07) is 18.5. The molecule has 1 unspecified atom stereocenters. The van der Waals surface area contributed by atoms with Crippen molar-refractivity contribution >= 4 is 51.5 Å². The number of nitrogens with zero attached hydrogens (tertiary/aromatic N) is 2. The fourth-order valence-corrected chi connectivity index (χ4v) is 5.19. The fourth-order valence-electron chi connectivity index (χ4n) is 3.40. The zero-order valence-electron chi connectivity index (χ0n) is 19.6. The highest BCUT2D eigenvalue weighted by Gasteiger charge is 2.36. The normalized spacial score (nSPS) is 16.9. The number of ether oxygens (including phenoxy) is 2. The van der Waals surface area contributed by atoms with E-state index in [1.54, 1.807) is 35.5 Å². The number of nitrogens with one attached hydrogen (secondary N) is 1. The van der Waals surface area contributed by atoms with E-state index in [0.717, 1.165) is 22.8 Å². The van der Waals surface area contributed by atoms with Crippen molar-refractivity contribution in [1.29, 1.82) is 0 Å². The Balaban J connectivity index is 1.51. The van der Waals surface area contributed by atoms with Crippen molar-refractivity contribution in [3.63, 3.8) is 0 Å². The van der Waals surface area contributed by atoms with Crippen molar-refractivity contribution in [2.24, 2.45) is 4.99 Å². The van der Waals surface area contributed by atoms with Crippen LogP contribution in [0.15, 0.2) is 71.0 Å². The number of amidine groups is 1. The maximum atomic E-state index is 13.2. The molecule has 182 valence electrons. The topological polar surface area (TPSA) is 80.2 Å². The Morgan fingerprint density at radius 1 is 1.11 bits per heavy atom. The predicted molar refractivity (Wildman–Crippen MR) is 142 cm³/mol. The van der Waals surface area contributed by atoms with Crippen LogP contribution in [0.2, 0.25) is 0 Å². The van der Waals surface area contributed by atoms with E-state index >= 15 is 0 Å². The van der Waals surface area contributed by atoms with Gasteiger partial charge >= 0.3 is 0 Å². The van der Waals surface area contributed by atoms with Gasteiger partial charge in [0.05, 0.1) is 25.9 Å². The van der Waals surface area contributed by atoms with Crippen LogP contribution in [0.5, 0.6) is 11.5 Å². The number of thiophene rings is 1. The van der Waals surface area contributed by atoms with Gasteiger partial charge in [-0.25, -0.2) is 4.99 Å². The summed E-state index contributed by atoms with van der Waals surface area (Å²) in [7, 11) is 1.61. The number of aliphatic imine (C=N–C) groups is 1. The first-order valence-corrected chi connectivity index (χ1v) is 13.1. The third kappa shape index (κ3) is 6.64. The fraction of sp³-hybridized carbons (Fsp3) is 0.269. The number of carbonyl (C=O) groups excluding carboxylic acids is 2. The van der Waals surface area contributed by atoms with Crippen molar-refractivity contribution in [3.05, 3.63) is 70.9 Å². The molecule has 1 atom stereocenters. The molecule has 7 nitrogen and oxygen atoms in total. The van der Waals surface area contributed by atoms with Crippen molar-refractivity contribution in [2.75, 3.05) is 19.0 Å². The van der Waals surface area contributed by atoms with Crippen molar-refractivity contribution < 1.29 is 19.1 Å². The monoisotopic (exact) mass is 509 g/mol. The number of carbonyl (C=O) groups is 2. The van der Waals surface area contributed by atoms with Crippen LogP contribution in [0.3, 0.4) is 0 Å². The molecule has 1 fully saturated rings. The van der Waals surface area contributed by atoms with Gasteiger partial charge in [0, 0.05) is 17.0 Å². The van der Waals surface area contributed by atoms with E-state index in [-0.39, 0.29) is 18.2 Å². The maximum absolute atomic E-state index is 13.2. The first-order chi connectivity index (χ1) is 17.1. The molecule has 0 saturated carbocycles. The van der Waals surface area contributed by atoms with Crippen molar-refractivity contribution in [2.45, 2.75) is 31.6 Å². The van der Waals surface area contributed by atoms with E-state index in [1.165, 1.54) is 11.8 Å². The number of hydrogen-bond acceptors (Lipinski definition) is 7. The summed E-state index contributed by atoms with van der Waals surface area (Å²) in [5.41, 5.74) is 1.34. The molecular formula is C26H27N3O4S2. The smallest absolute Gasteiger partial charge is 0.238 e. The molecule has 35 heavy (non-hydrogen) atoms. The summed E-state index contributed by atoms with van der Waals surface area (Å²) in [4.78, 5) is 33.7. The van der Waals surface area contributed by atoms with Crippen molar-refractivity contribution in [1.82, 2.24) is 4.90 Å². The molecule has 1 aliphatic heterocycles. The van der Waals surface area contributed by atoms with Gasteiger partial charge in [0.25, 0.3) is 0 Å². The van der Waals surface area contributed by atoms with E-state index in [1.807, 2.05) is 60.8 Å². The molecule has 1 saturated heterocycles. The molecule has 2 heterocycles. The number of methoxy groups -OCH3 is 1. The standard InChI is InChI=1S/C26H27N3O4S2/c1-3-14-33-21-12-8-18(9-13-21)27-25(31)23-16-24(30)29(17-22-5-4-15-34-22)26(35-23)28-19-6-10-20(32-2)11-7-19/h4-13,15,23H,3,14,16-17H2,1-2H3,(H,27,31). The number of amides is 2. The highest BCUT2D eigenvalue weighted by Crippen LogP contribution is 2.32. The van der Waals surface area contributed by atoms with Gasteiger partial charge in [0.2, 0.25) is 11.8 Å². The lowest BCUT2D eigenvalue weighted by Crippen LogP contribution is -2.44. The highest BCUT2D eigenvalue weighted by molar-refractivity contribution is 8.15. The Labute approximate surface area is 213 Å². The lowest BCUT2D eigenvalue weighted by atomic mass is 10.2. The van der Waals surface area contributed by atoms with Gasteiger partial charge in [-0.3, -0.25) is 14.5 Å². The Bertz CT molecular complexity index is 1160. The average molecular weight is 510 g/mol. The van der Waals surface area contributed by atoms with Crippen LogP contribution >= 0.6 is 23.1 Å². The lowest BCUT2D eigenvalue weighted by Gasteiger charge is -2.31. The molecule has 9 heteroatoms. The molecule has 4 rings (SSSR count). The molecule has 1 aromatic heterocycles. The van der Waals surface area contributed by atoms with Crippen LogP contribution < -0.4 is 14.8 Å². The molecule has 0 aliphatic carbocycles. The molecule has 1 aliphatic rings. The predicted octanol–water partition coefficient (Wildman–Crippen LogP) is 5.71. The minimum Gasteiger partial charge on any atom is -0.497 e. The van der Waals surface area contributed by atoms with E-state index in [0.29, 0.717) is 29.7 Å². The Hall–Kier alpha value is -3.30. The minimum atomic E-state index is -0.588. The number of rotatable bonds is 9. The van der Waals surface area contributed by atoms with Gasteiger partial charge in [-0.1, -0.05) is 24.8 Å². The second kappa shape index (κ2) is 11.9. The molecule has 0 bridgehead atoms. The first-order valence-electron chi connectivity index (χ1n) is 11.3. The van der Waals surface area contributed by atoms with Gasteiger partial charge in [0.1, 0.15) is 16.7 Å². The SMILES string of the molecule is CCCOc1ccc(NC(=O)C2CC(=O)N(Cc3cccs3)C(=Nc3ccc(OC)cc3)S2)cc1. The van der Waals surface area contributed by atoms with Crippen LogP contribution in [0.4, 0.5) is 11.4 Å². The van der Waals surface area contributed by atoms with Gasteiger partial charge < -0.3 is 14.8 Å². The summed E-state index contributed by atoms with van der Waals surface area (Å²) in [6.45, 7) is 3.11. The van der Waals surface area contributed by atoms with Crippen LogP contribution in [-0.4, -0.2) is 40.8 Å². The summed E-state index contributed by atoms with van der Waals surface area (Å²) in [5.74, 6) is 1.11. The summed E-state index contributed by atoms with van der Waals surface area (Å²) >= 11 is 2.89. The summed E-state index contributed by atoms with van der Waals surface area (Å²) in [5, 5.41) is 4.81. The third-order valence-electron chi connectivity index (χ3n) is 5.22. The molecular weight excluding hydrogens is 482 g/mol. The number of anilines is 1. The maximum Gasteiger partial charge on any atom is 0.238 e.